The maximum absolute atomic E-state index is 6.95. The first kappa shape index (κ1) is 15.7. The molecule has 2 N–H and O–H groups in total. The summed E-state index contributed by atoms with van der Waals surface area (Å²) in [7, 11) is 4.40. The number of rotatable bonds is 3. The molecule has 2 heterocycles. The minimum atomic E-state index is -0.0771. The van der Waals surface area contributed by atoms with Crippen LogP contribution in [0.15, 0.2) is 0 Å². The predicted molar refractivity (Wildman–Crippen MR) is 86.3 cm³/mol. The SMILES string of the molecule is CN(C)C1CCCN(CC2(N)C3CCCOC3C2(C)C)C1. The molecule has 122 valence electrons. The van der Waals surface area contributed by atoms with Gasteiger partial charge in [0, 0.05) is 42.6 Å². The molecular weight excluding hydrogens is 262 g/mol. The average molecular weight is 295 g/mol. The van der Waals surface area contributed by atoms with Crippen molar-refractivity contribution in [3.05, 3.63) is 0 Å². The van der Waals surface area contributed by atoms with Crippen molar-refractivity contribution in [1.82, 2.24) is 9.80 Å². The van der Waals surface area contributed by atoms with Gasteiger partial charge in [-0.3, -0.25) is 4.90 Å². The van der Waals surface area contributed by atoms with Gasteiger partial charge in [0.05, 0.1) is 6.10 Å². The summed E-state index contributed by atoms with van der Waals surface area (Å²) in [6.07, 6.45) is 5.42. The Balaban J connectivity index is 1.68. The Hall–Kier alpha value is -0.160. The number of likely N-dealkylation sites (N-methyl/N-ethyl adjacent to an activating group) is 1. The Bertz CT molecular complexity index is 384. The molecule has 3 fully saturated rings. The van der Waals surface area contributed by atoms with Gasteiger partial charge in [0.1, 0.15) is 0 Å². The van der Waals surface area contributed by atoms with E-state index in [1.165, 1.54) is 38.8 Å². The number of hydrogen-bond donors (Lipinski definition) is 1. The van der Waals surface area contributed by atoms with Crippen LogP contribution in [-0.4, -0.2) is 67.8 Å². The van der Waals surface area contributed by atoms with Crippen LogP contribution in [0.4, 0.5) is 0 Å². The van der Waals surface area contributed by atoms with Crippen LogP contribution in [0.25, 0.3) is 0 Å². The number of ether oxygens (including phenoxy) is 1. The lowest BCUT2D eigenvalue weighted by molar-refractivity contribution is -0.232. The molecule has 0 spiro atoms. The Morgan fingerprint density at radius 3 is 2.71 bits per heavy atom. The number of likely N-dealkylation sites (tertiary alicyclic amines) is 1. The van der Waals surface area contributed by atoms with Crippen molar-refractivity contribution in [2.45, 2.75) is 57.2 Å². The number of hydrogen-bond acceptors (Lipinski definition) is 4. The molecular formula is C17H33N3O. The summed E-state index contributed by atoms with van der Waals surface area (Å²) in [6.45, 7) is 8.96. The summed E-state index contributed by atoms with van der Waals surface area (Å²) in [6, 6.07) is 0.684. The van der Waals surface area contributed by atoms with E-state index in [1.807, 2.05) is 0 Å². The molecule has 3 rings (SSSR count). The third-order valence-corrected chi connectivity index (χ3v) is 6.59. The maximum atomic E-state index is 6.95. The van der Waals surface area contributed by atoms with E-state index >= 15 is 0 Å². The number of nitrogens with two attached hydrogens (primary N) is 1. The largest absolute Gasteiger partial charge is 0.377 e. The summed E-state index contributed by atoms with van der Waals surface area (Å²) in [5.74, 6) is 0.556. The second-order valence-electron chi connectivity index (χ2n) is 8.30. The van der Waals surface area contributed by atoms with Crippen molar-refractivity contribution in [3.63, 3.8) is 0 Å². The monoisotopic (exact) mass is 295 g/mol. The highest BCUT2D eigenvalue weighted by Crippen LogP contribution is 2.57. The average Bonchev–Trinajstić information content (AvgIpc) is 2.47. The Morgan fingerprint density at radius 2 is 2.00 bits per heavy atom. The van der Waals surface area contributed by atoms with Gasteiger partial charge in [-0.25, -0.2) is 0 Å². The van der Waals surface area contributed by atoms with Crippen molar-refractivity contribution in [2.75, 3.05) is 40.3 Å². The zero-order valence-corrected chi connectivity index (χ0v) is 14.3. The van der Waals surface area contributed by atoms with Crippen LogP contribution < -0.4 is 5.73 Å². The van der Waals surface area contributed by atoms with Gasteiger partial charge in [0.15, 0.2) is 0 Å². The minimum Gasteiger partial charge on any atom is -0.377 e. The van der Waals surface area contributed by atoms with Crippen molar-refractivity contribution >= 4 is 0 Å². The van der Waals surface area contributed by atoms with Crippen molar-refractivity contribution in [2.24, 2.45) is 17.1 Å². The highest BCUT2D eigenvalue weighted by Gasteiger charge is 2.66. The van der Waals surface area contributed by atoms with Crippen LogP contribution in [-0.2, 0) is 4.74 Å². The smallest absolute Gasteiger partial charge is 0.0690 e. The van der Waals surface area contributed by atoms with Crippen molar-refractivity contribution in [1.29, 1.82) is 0 Å². The van der Waals surface area contributed by atoms with Crippen LogP contribution in [0.3, 0.4) is 0 Å². The van der Waals surface area contributed by atoms with Crippen molar-refractivity contribution in [3.8, 4) is 0 Å². The third kappa shape index (κ3) is 2.44. The highest BCUT2D eigenvalue weighted by atomic mass is 16.5. The maximum Gasteiger partial charge on any atom is 0.0690 e. The van der Waals surface area contributed by atoms with Gasteiger partial charge in [0.25, 0.3) is 0 Å². The lowest BCUT2D eigenvalue weighted by Gasteiger charge is -2.67. The van der Waals surface area contributed by atoms with Gasteiger partial charge in [-0.05, 0) is 46.3 Å². The van der Waals surface area contributed by atoms with Crippen LogP contribution in [0.5, 0.6) is 0 Å². The Labute approximate surface area is 130 Å². The number of piperidine rings is 1. The van der Waals surface area contributed by atoms with E-state index in [9.17, 15) is 0 Å². The summed E-state index contributed by atoms with van der Waals surface area (Å²) < 4.78 is 6.03. The third-order valence-electron chi connectivity index (χ3n) is 6.59. The second-order valence-corrected chi connectivity index (χ2v) is 8.30. The molecule has 4 atom stereocenters. The van der Waals surface area contributed by atoms with Gasteiger partial charge in [-0.2, -0.15) is 0 Å². The molecule has 4 nitrogen and oxygen atoms in total. The van der Waals surface area contributed by atoms with Gasteiger partial charge in [-0.15, -0.1) is 0 Å². The van der Waals surface area contributed by atoms with E-state index in [-0.39, 0.29) is 11.0 Å². The van der Waals surface area contributed by atoms with Crippen LogP contribution in [0, 0.1) is 11.3 Å². The van der Waals surface area contributed by atoms with E-state index in [2.05, 4.69) is 37.7 Å². The summed E-state index contributed by atoms with van der Waals surface area (Å²) in [5, 5.41) is 0. The topological polar surface area (TPSA) is 41.7 Å². The van der Waals surface area contributed by atoms with Gasteiger partial charge >= 0.3 is 0 Å². The zero-order valence-electron chi connectivity index (χ0n) is 14.3. The summed E-state index contributed by atoms with van der Waals surface area (Å²) >= 11 is 0. The first-order chi connectivity index (χ1) is 9.86. The fourth-order valence-corrected chi connectivity index (χ4v) is 4.95. The first-order valence-electron chi connectivity index (χ1n) is 8.65. The van der Waals surface area contributed by atoms with E-state index < -0.39 is 0 Å². The molecule has 0 radical (unpaired) electrons. The van der Waals surface area contributed by atoms with Gasteiger partial charge < -0.3 is 15.4 Å². The molecule has 2 aliphatic heterocycles. The van der Waals surface area contributed by atoms with Gasteiger partial charge in [0.2, 0.25) is 0 Å². The molecule has 1 saturated carbocycles. The summed E-state index contributed by atoms with van der Waals surface area (Å²) in [5.41, 5.74) is 6.98. The van der Waals surface area contributed by atoms with Crippen molar-refractivity contribution < 1.29 is 4.74 Å². The van der Waals surface area contributed by atoms with Crippen LogP contribution in [0.1, 0.15) is 39.5 Å². The molecule has 0 aromatic carbocycles. The molecule has 4 heteroatoms. The second kappa shape index (κ2) is 5.48. The zero-order chi connectivity index (χ0) is 15.3. The normalized spacial score (nSPS) is 43.4. The van der Waals surface area contributed by atoms with E-state index in [0.29, 0.717) is 18.1 Å². The molecule has 2 saturated heterocycles. The lowest BCUT2D eigenvalue weighted by atomic mass is 9.46. The molecule has 0 bridgehead atoms. The highest BCUT2D eigenvalue weighted by molar-refractivity contribution is 5.21. The molecule has 21 heavy (non-hydrogen) atoms. The molecule has 4 unspecified atom stereocenters. The predicted octanol–water partition coefficient (Wildman–Crippen LogP) is 1.54. The van der Waals surface area contributed by atoms with Crippen LogP contribution in [0.2, 0.25) is 0 Å². The molecule has 0 aromatic heterocycles. The number of fused-ring (bicyclic) bond motifs is 1. The first-order valence-corrected chi connectivity index (χ1v) is 8.65. The molecule has 3 aliphatic rings. The Morgan fingerprint density at radius 1 is 1.24 bits per heavy atom. The van der Waals surface area contributed by atoms with Gasteiger partial charge in [-0.1, -0.05) is 13.8 Å². The van der Waals surface area contributed by atoms with E-state index in [1.54, 1.807) is 0 Å². The fraction of sp³-hybridized carbons (Fsp3) is 1.00. The lowest BCUT2D eigenvalue weighted by Crippen LogP contribution is -2.80. The summed E-state index contributed by atoms with van der Waals surface area (Å²) in [4.78, 5) is 4.98. The number of nitrogens with zero attached hydrogens (tertiary/aromatic N) is 2. The molecule has 0 aromatic rings. The molecule has 0 amide bonds. The van der Waals surface area contributed by atoms with E-state index in [0.717, 1.165) is 13.2 Å². The van der Waals surface area contributed by atoms with E-state index in [4.69, 9.17) is 10.5 Å². The van der Waals surface area contributed by atoms with Crippen LogP contribution >= 0.6 is 0 Å². The minimum absolute atomic E-state index is 0.0771. The quantitative estimate of drug-likeness (QED) is 0.858. The Kier molecular flexibility index (Phi) is 4.11. The standard InChI is InChI=1S/C17H33N3O/c1-16(2)15-14(8-6-10-21-15)17(16,18)12-20-9-5-7-13(11-20)19(3)4/h13-15H,5-12,18H2,1-4H3. The fourth-order valence-electron chi connectivity index (χ4n) is 4.95. The molecule has 1 aliphatic carbocycles.